The predicted molar refractivity (Wildman–Crippen MR) is 105 cm³/mol. The molecule has 3 rings (SSSR count). The topological polar surface area (TPSA) is 115 Å². The first kappa shape index (κ1) is 25.1. The normalized spacial score (nSPS) is 24.6. The van der Waals surface area contributed by atoms with E-state index in [9.17, 15) is 36.7 Å². The van der Waals surface area contributed by atoms with E-state index in [0.29, 0.717) is 10.8 Å². The highest BCUT2D eigenvalue weighted by Gasteiger charge is 2.65. The zero-order valence-corrected chi connectivity index (χ0v) is 18.1. The Morgan fingerprint density at radius 3 is 2.47 bits per heavy atom. The van der Waals surface area contributed by atoms with Crippen LogP contribution in [0.5, 0.6) is 5.75 Å². The number of pyridine rings is 1. The molecule has 1 aliphatic rings. The third-order valence-corrected chi connectivity index (χ3v) is 6.02. The fourth-order valence-electron chi connectivity index (χ4n) is 4.01. The lowest BCUT2D eigenvalue weighted by Gasteiger charge is -2.32. The van der Waals surface area contributed by atoms with Crippen molar-refractivity contribution in [1.82, 2.24) is 0 Å². The molecule has 2 heterocycles. The smallest absolute Gasteiger partial charge is 0.417 e. The summed E-state index contributed by atoms with van der Waals surface area (Å²) in [6, 6.07) is 3.90. The van der Waals surface area contributed by atoms with Crippen LogP contribution in [-0.4, -0.2) is 42.0 Å². The summed E-state index contributed by atoms with van der Waals surface area (Å²) in [5.41, 5.74) is 1.61. The van der Waals surface area contributed by atoms with Crippen LogP contribution in [0.3, 0.4) is 0 Å². The number of carbonyl (C=O) groups is 2. The molecule has 1 saturated heterocycles. The maximum Gasteiger partial charge on any atom is 0.417 e. The van der Waals surface area contributed by atoms with Crippen LogP contribution >= 0.6 is 0 Å². The number of anilines is 1. The van der Waals surface area contributed by atoms with E-state index in [0.717, 1.165) is 38.4 Å². The van der Waals surface area contributed by atoms with Crippen LogP contribution in [0.4, 0.5) is 27.6 Å². The van der Waals surface area contributed by atoms with E-state index < -0.39 is 64.6 Å². The lowest BCUT2D eigenvalue weighted by Crippen LogP contribution is -2.47. The van der Waals surface area contributed by atoms with Crippen LogP contribution in [0.1, 0.15) is 35.8 Å². The molecule has 0 unspecified atom stereocenters. The number of halogens is 5. The van der Waals surface area contributed by atoms with E-state index in [2.05, 4.69) is 5.32 Å². The molecule has 0 spiro atoms. The van der Waals surface area contributed by atoms with Crippen molar-refractivity contribution in [2.45, 2.75) is 37.6 Å². The van der Waals surface area contributed by atoms with Gasteiger partial charge in [-0.2, -0.15) is 17.6 Å². The predicted octanol–water partition coefficient (Wildman–Crippen LogP) is 2.68. The monoisotopic (exact) mass is 490 g/mol. The van der Waals surface area contributed by atoms with Crippen molar-refractivity contribution in [2.24, 2.45) is 11.7 Å². The Morgan fingerprint density at radius 1 is 1.26 bits per heavy atom. The summed E-state index contributed by atoms with van der Waals surface area (Å²) < 4.78 is 80.5. The minimum absolute atomic E-state index is 0.0861. The molecule has 1 aromatic carbocycles. The molecule has 1 aliphatic heterocycles. The Hall–Kier alpha value is -3.48. The third kappa shape index (κ3) is 4.11. The van der Waals surface area contributed by atoms with Gasteiger partial charge in [-0.3, -0.25) is 14.8 Å². The van der Waals surface area contributed by atoms with Crippen LogP contribution in [0.25, 0.3) is 0 Å². The van der Waals surface area contributed by atoms with Gasteiger partial charge in [0.2, 0.25) is 12.0 Å². The molecular weight excluding hydrogens is 469 g/mol. The lowest BCUT2D eigenvalue weighted by molar-refractivity contribution is -0.905. The summed E-state index contributed by atoms with van der Waals surface area (Å²) in [6.07, 6.45) is -5.76. The van der Waals surface area contributed by atoms with Gasteiger partial charge < -0.3 is 20.5 Å². The largest absolute Gasteiger partial charge is 0.493 e. The van der Waals surface area contributed by atoms with Gasteiger partial charge in [-0.05, 0) is 13.0 Å². The number of rotatable bonds is 5. The number of amides is 2. The molecule has 0 saturated carbocycles. The van der Waals surface area contributed by atoms with Crippen LogP contribution in [0.15, 0.2) is 30.5 Å². The second kappa shape index (κ2) is 8.70. The highest BCUT2D eigenvalue weighted by Crippen LogP contribution is 2.54. The molecule has 13 heteroatoms. The van der Waals surface area contributed by atoms with Gasteiger partial charge in [-0.1, -0.05) is 13.0 Å². The maximum absolute atomic E-state index is 14.4. The van der Waals surface area contributed by atoms with Gasteiger partial charge in [0, 0.05) is 34.3 Å². The van der Waals surface area contributed by atoms with E-state index in [1.807, 2.05) is 0 Å². The van der Waals surface area contributed by atoms with Crippen LogP contribution in [-0.2, 0) is 9.53 Å². The van der Waals surface area contributed by atoms with Crippen LogP contribution < -0.4 is 20.5 Å². The molecular formula is C21H21F5N3O5+. The first-order chi connectivity index (χ1) is 15.7. The third-order valence-electron chi connectivity index (χ3n) is 6.02. The molecule has 0 bridgehead atoms. The highest BCUT2D eigenvalue weighted by atomic mass is 19.4. The minimum Gasteiger partial charge on any atom is -0.493 e. The van der Waals surface area contributed by atoms with Crippen molar-refractivity contribution in [2.75, 3.05) is 12.4 Å². The van der Waals surface area contributed by atoms with Gasteiger partial charge in [0.25, 0.3) is 5.91 Å². The summed E-state index contributed by atoms with van der Waals surface area (Å²) in [7, 11) is 1.01. The first-order valence-electron chi connectivity index (χ1n) is 9.85. The molecule has 1 aromatic heterocycles. The number of hydrogen-bond donors (Lipinski definition) is 3. The highest BCUT2D eigenvalue weighted by molar-refractivity contribution is 5.97. The number of aromatic nitrogens is 1. The van der Waals surface area contributed by atoms with Crippen molar-refractivity contribution in [3.05, 3.63) is 53.4 Å². The molecule has 1 fully saturated rings. The van der Waals surface area contributed by atoms with E-state index >= 15 is 0 Å². The second-order valence-electron chi connectivity index (χ2n) is 7.94. The van der Waals surface area contributed by atoms with E-state index in [1.165, 1.54) is 6.92 Å². The van der Waals surface area contributed by atoms with Crippen LogP contribution in [0.2, 0.25) is 0 Å². The molecule has 2 amide bonds. The number of carbonyl (C=O) groups excluding carboxylic acids is 2. The summed E-state index contributed by atoms with van der Waals surface area (Å²) in [5.74, 6) is -8.30. The molecule has 2 aromatic rings. The van der Waals surface area contributed by atoms with Crippen molar-refractivity contribution < 1.29 is 51.0 Å². The Balaban J connectivity index is 2.08. The van der Waals surface area contributed by atoms with Crippen molar-refractivity contribution >= 4 is 17.5 Å². The van der Waals surface area contributed by atoms with E-state index in [1.54, 1.807) is 0 Å². The van der Waals surface area contributed by atoms with Crippen molar-refractivity contribution in [1.29, 1.82) is 0 Å². The van der Waals surface area contributed by atoms with Gasteiger partial charge in [0.05, 0.1) is 12.8 Å². The SMILES string of the molecule is COc1c([C@H]2[C@@H](C(=O)Nc3cc[n+](O)c(C(N)=O)c3)O[C@](C)(C(F)(F)F)[C@H]2C)ccc(F)c1F. The van der Waals surface area contributed by atoms with E-state index in [-0.39, 0.29) is 11.3 Å². The fraction of sp³-hybridized carbons (Fsp3) is 0.381. The standard InChI is InChI=1S/C21H20F5N3O5/c1-9-14(11-4-5-12(22)15(23)16(11)33-3)17(34-20(9,2)21(24,25)26)19(31)28-10-6-7-29(32)13(8-10)18(27)30/h4-9,14,17,32H,1-3H3,(H2,27,30)/p+1/t9-,14-,17-,20-/m0/s1. The van der Waals surface area contributed by atoms with Crippen molar-refractivity contribution in [3.63, 3.8) is 0 Å². The number of hydrogen-bond acceptors (Lipinski definition) is 5. The number of ether oxygens (including phenoxy) is 2. The summed E-state index contributed by atoms with van der Waals surface area (Å²) in [4.78, 5) is 24.5. The Bertz CT molecular complexity index is 1140. The zero-order valence-electron chi connectivity index (χ0n) is 18.1. The fourth-order valence-corrected chi connectivity index (χ4v) is 4.01. The number of primary amides is 1. The number of alkyl halides is 3. The molecule has 184 valence electrons. The molecule has 4 N–H and O–H groups in total. The number of methoxy groups -OCH3 is 1. The molecule has 0 aliphatic carbocycles. The zero-order chi connectivity index (χ0) is 25.6. The van der Waals surface area contributed by atoms with Gasteiger partial charge in [-0.25, -0.2) is 4.39 Å². The quantitative estimate of drug-likeness (QED) is 0.339. The average Bonchev–Trinajstić information content (AvgIpc) is 3.03. The minimum atomic E-state index is -4.92. The van der Waals surface area contributed by atoms with Gasteiger partial charge in [0.1, 0.15) is 6.10 Å². The number of nitrogens with one attached hydrogen (secondary N) is 1. The van der Waals surface area contributed by atoms with Gasteiger partial charge in [-0.15, -0.1) is 0 Å². The van der Waals surface area contributed by atoms with Crippen molar-refractivity contribution in [3.8, 4) is 5.75 Å². The lowest BCUT2D eigenvalue weighted by atomic mass is 9.77. The number of nitrogens with two attached hydrogens (primary N) is 1. The second-order valence-corrected chi connectivity index (χ2v) is 7.94. The average molecular weight is 490 g/mol. The first-order valence-corrected chi connectivity index (χ1v) is 9.85. The molecule has 0 radical (unpaired) electrons. The maximum atomic E-state index is 14.4. The summed E-state index contributed by atoms with van der Waals surface area (Å²) in [5, 5.41) is 11.9. The van der Waals surface area contributed by atoms with Crippen LogP contribution in [0, 0.1) is 17.6 Å². The molecule has 4 atom stereocenters. The number of benzene rings is 1. The van der Waals surface area contributed by atoms with E-state index in [4.69, 9.17) is 15.2 Å². The Morgan fingerprint density at radius 2 is 1.91 bits per heavy atom. The Labute approximate surface area is 190 Å². The number of nitrogens with zero attached hydrogens (tertiary/aromatic N) is 1. The molecule has 34 heavy (non-hydrogen) atoms. The summed E-state index contributed by atoms with van der Waals surface area (Å²) >= 11 is 0. The Kier molecular flexibility index (Phi) is 6.44. The van der Waals surface area contributed by atoms with Gasteiger partial charge in [0.15, 0.2) is 17.2 Å². The molecule has 8 nitrogen and oxygen atoms in total. The van der Waals surface area contributed by atoms with Gasteiger partial charge >= 0.3 is 17.8 Å². The summed E-state index contributed by atoms with van der Waals surface area (Å²) in [6.45, 7) is 1.93.